The molecule has 0 aliphatic carbocycles. The monoisotopic (exact) mass is 344 g/mol. The first-order valence-corrected chi connectivity index (χ1v) is 8.15. The van der Waals surface area contributed by atoms with Gasteiger partial charge in [-0.25, -0.2) is 4.68 Å². The molecule has 0 bridgehead atoms. The number of carbonyl (C=O) groups is 1. The molecule has 1 aliphatic heterocycles. The summed E-state index contributed by atoms with van der Waals surface area (Å²) in [5, 5.41) is 11.9. The zero-order chi connectivity index (χ0) is 16.3. The minimum Gasteiger partial charge on any atom is -0.338 e. The summed E-state index contributed by atoms with van der Waals surface area (Å²) >= 11 is 0. The second-order valence-electron chi connectivity index (χ2n) is 7.13. The van der Waals surface area contributed by atoms with E-state index in [1.165, 1.54) is 6.42 Å². The number of hydrogen-bond donors (Lipinski definition) is 1. The van der Waals surface area contributed by atoms with Gasteiger partial charge in [0.15, 0.2) is 5.82 Å². The van der Waals surface area contributed by atoms with E-state index < -0.39 is 0 Å². The predicted octanol–water partition coefficient (Wildman–Crippen LogP) is 1.68. The van der Waals surface area contributed by atoms with Gasteiger partial charge in [0, 0.05) is 18.0 Å². The Morgan fingerprint density at radius 3 is 2.70 bits per heavy atom. The highest BCUT2D eigenvalue weighted by atomic mass is 35.5. The molecular weight excluding hydrogens is 316 g/mol. The van der Waals surface area contributed by atoms with Crippen LogP contribution in [0, 0.1) is 0 Å². The Kier molecular flexibility index (Phi) is 6.95. The number of amides is 1. The first-order valence-electron chi connectivity index (χ1n) is 8.15. The minimum absolute atomic E-state index is 0. The molecule has 0 saturated carbocycles. The average molecular weight is 345 g/mol. The molecule has 2 atom stereocenters. The summed E-state index contributed by atoms with van der Waals surface area (Å²) < 4.78 is 1.66. The number of hydrogen-bond acceptors (Lipinski definition) is 5. The molecule has 2 heterocycles. The lowest BCUT2D eigenvalue weighted by molar-refractivity contribution is -0.138. The standard InChI is InChI=1S/C15H28N6O.ClH/c1-11(21-14(15(2,3)4)17-18-19-21)13(22)20-10-6-5-7-12(20)8-9-16;/h11-12H,5-10,16H2,1-4H3;1H. The summed E-state index contributed by atoms with van der Waals surface area (Å²) in [6.07, 6.45) is 4.12. The molecule has 1 aromatic rings. The van der Waals surface area contributed by atoms with Crippen LogP contribution in [0.1, 0.15) is 65.2 Å². The molecule has 0 radical (unpaired) electrons. The summed E-state index contributed by atoms with van der Waals surface area (Å²) in [6.45, 7) is 9.43. The van der Waals surface area contributed by atoms with Crippen molar-refractivity contribution in [3.63, 3.8) is 0 Å². The molecule has 0 spiro atoms. The summed E-state index contributed by atoms with van der Waals surface area (Å²) in [7, 11) is 0. The summed E-state index contributed by atoms with van der Waals surface area (Å²) in [5.41, 5.74) is 5.50. The van der Waals surface area contributed by atoms with E-state index in [1.54, 1.807) is 4.68 Å². The Morgan fingerprint density at radius 2 is 2.09 bits per heavy atom. The van der Waals surface area contributed by atoms with Gasteiger partial charge in [-0.05, 0) is 49.6 Å². The van der Waals surface area contributed by atoms with Gasteiger partial charge in [-0.1, -0.05) is 20.8 Å². The lowest BCUT2D eigenvalue weighted by atomic mass is 9.95. The Bertz CT molecular complexity index is 510. The van der Waals surface area contributed by atoms with Crippen LogP contribution in [0.4, 0.5) is 0 Å². The van der Waals surface area contributed by atoms with Crippen LogP contribution in [0.2, 0.25) is 0 Å². The summed E-state index contributed by atoms with van der Waals surface area (Å²) in [4.78, 5) is 14.9. The van der Waals surface area contributed by atoms with E-state index in [9.17, 15) is 4.79 Å². The van der Waals surface area contributed by atoms with Gasteiger partial charge in [0.2, 0.25) is 5.91 Å². The van der Waals surface area contributed by atoms with Gasteiger partial charge in [-0.3, -0.25) is 4.79 Å². The number of carbonyl (C=O) groups excluding carboxylic acids is 1. The second kappa shape index (κ2) is 8.06. The van der Waals surface area contributed by atoms with Crippen LogP contribution in [-0.2, 0) is 10.2 Å². The van der Waals surface area contributed by atoms with Gasteiger partial charge >= 0.3 is 0 Å². The zero-order valence-electron chi connectivity index (χ0n) is 14.5. The highest BCUT2D eigenvalue weighted by molar-refractivity contribution is 5.85. The van der Waals surface area contributed by atoms with E-state index in [0.29, 0.717) is 6.54 Å². The van der Waals surface area contributed by atoms with E-state index in [4.69, 9.17) is 5.73 Å². The van der Waals surface area contributed by atoms with Crippen LogP contribution >= 0.6 is 12.4 Å². The van der Waals surface area contributed by atoms with Crippen LogP contribution < -0.4 is 5.73 Å². The predicted molar refractivity (Wildman–Crippen MR) is 91.5 cm³/mol. The van der Waals surface area contributed by atoms with Crippen molar-refractivity contribution in [3.8, 4) is 0 Å². The Morgan fingerprint density at radius 1 is 1.39 bits per heavy atom. The van der Waals surface area contributed by atoms with Crippen LogP contribution in [0.25, 0.3) is 0 Å². The SMILES string of the molecule is CC(C(=O)N1CCCCC1CCN)n1nnnc1C(C)(C)C.Cl. The van der Waals surface area contributed by atoms with E-state index in [0.717, 1.165) is 31.6 Å². The Balaban J connectivity index is 0.00000264. The first kappa shape index (κ1) is 19.8. The maximum absolute atomic E-state index is 12.9. The van der Waals surface area contributed by atoms with Gasteiger partial charge in [0.1, 0.15) is 6.04 Å². The number of likely N-dealkylation sites (tertiary alicyclic amines) is 1. The van der Waals surface area contributed by atoms with Crippen LogP contribution in [0.5, 0.6) is 0 Å². The molecule has 1 aromatic heterocycles. The fourth-order valence-corrected chi connectivity index (χ4v) is 3.08. The van der Waals surface area contributed by atoms with E-state index in [2.05, 4.69) is 15.5 Å². The molecule has 7 nitrogen and oxygen atoms in total. The Hall–Kier alpha value is -1.21. The number of nitrogens with two attached hydrogens (primary N) is 1. The van der Waals surface area contributed by atoms with Crippen molar-refractivity contribution >= 4 is 18.3 Å². The third-order valence-corrected chi connectivity index (χ3v) is 4.30. The number of piperidine rings is 1. The van der Waals surface area contributed by atoms with Crippen molar-refractivity contribution in [2.24, 2.45) is 5.73 Å². The van der Waals surface area contributed by atoms with E-state index in [1.807, 2.05) is 32.6 Å². The fourth-order valence-electron chi connectivity index (χ4n) is 3.08. The largest absolute Gasteiger partial charge is 0.338 e. The van der Waals surface area contributed by atoms with Crippen molar-refractivity contribution in [3.05, 3.63) is 5.82 Å². The first-order chi connectivity index (χ1) is 10.4. The van der Waals surface area contributed by atoms with Crippen LogP contribution in [0.15, 0.2) is 0 Å². The lowest BCUT2D eigenvalue weighted by Crippen LogP contribution is -2.47. The summed E-state index contributed by atoms with van der Waals surface area (Å²) in [6, 6.07) is -0.133. The molecule has 0 aromatic carbocycles. The number of aromatic nitrogens is 4. The summed E-state index contributed by atoms with van der Waals surface area (Å²) in [5.74, 6) is 0.830. The van der Waals surface area contributed by atoms with Crippen molar-refractivity contribution in [2.45, 2.75) is 70.9 Å². The minimum atomic E-state index is -0.386. The Labute approximate surface area is 144 Å². The van der Waals surface area contributed by atoms with Gasteiger partial charge < -0.3 is 10.6 Å². The average Bonchev–Trinajstić information content (AvgIpc) is 2.96. The molecular formula is C15H29ClN6O. The van der Waals surface area contributed by atoms with Crippen LogP contribution in [-0.4, -0.2) is 50.1 Å². The third kappa shape index (κ3) is 4.41. The normalized spacial score (nSPS) is 20.0. The molecule has 8 heteroatoms. The zero-order valence-corrected chi connectivity index (χ0v) is 15.3. The van der Waals surface area contributed by atoms with Crippen molar-refractivity contribution in [2.75, 3.05) is 13.1 Å². The molecule has 23 heavy (non-hydrogen) atoms. The van der Waals surface area contributed by atoms with Crippen molar-refractivity contribution in [1.82, 2.24) is 25.1 Å². The molecule has 2 unspecified atom stereocenters. The quantitative estimate of drug-likeness (QED) is 0.897. The van der Waals surface area contributed by atoms with Gasteiger partial charge in [0.25, 0.3) is 0 Å². The molecule has 132 valence electrons. The highest BCUT2D eigenvalue weighted by Gasteiger charge is 2.33. The highest BCUT2D eigenvalue weighted by Crippen LogP contribution is 2.25. The molecule has 2 rings (SSSR count). The lowest BCUT2D eigenvalue weighted by Gasteiger charge is -2.37. The van der Waals surface area contributed by atoms with Gasteiger partial charge in [-0.15, -0.1) is 17.5 Å². The number of halogens is 1. The van der Waals surface area contributed by atoms with Crippen molar-refractivity contribution < 1.29 is 4.79 Å². The fraction of sp³-hybridized carbons (Fsp3) is 0.867. The number of tetrazole rings is 1. The molecule has 1 saturated heterocycles. The smallest absolute Gasteiger partial charge is 0.247 e. The number of nitrogens with zero attached hydrogens (tertiary/aromatic N) is 5. The molecule has 2 N–H and O–H groups in total. The van der Waals surface area contributed by atoms with Crippen LogP contribution in [0.3, 0.4) is 0 Å². The van der Waals surface area contributed by atoms with Crippen molar-refractivity contribution in [1.29, 1.82) is 0 Å². The molecule has 1 amide bonds. The molecule has 1 aliphatic rings. The maximum Gasteiger partial charge on any atom is 0.247 e. The van der Waals surface area contributed by atoms with Gasteiger partial charge in [0.05, 0.1) is 0 Å². The topological polar surface area (TPSA) is 89.9 Å². The van der Waals surface area contributed by atoms with E-state index >= 15 is 0 Å². The third-order valence-electron chi connectivity index (χ3n) is 4.30. The molecule has 1 fully saturated rings. The second-order valence-corrected chi connectivity index (χ2v) is 7.13. The number of rotatable bonds is 4. The van der Waals surface area contributed by atoms with Gasteiger partial charge in [-0.2, -0.15) is 0 Å². The maximum atomic E-state index is 12.9. The van der Waals surface area contributed by atoms with E-state index in [-0.39, 0.29) is 35.8 Å².